The Hall–Kier alpha value is -4.87. The van der Waals surface area contributed by atoms with E-state index in [1.165, 1.54) is 30.5 Å². The van der Waals surface area contributed by atoms with E-state index in [-0.39, 0.29) is 5.56 Å². The van der Waals surface area contributed by atoms with Crippen LogP contribution in [0.3, 0.4) is 0 Å². The van der Waals surface area contributed by atoms with E-state index in [0.29, 0.717) is 47.8 Å². The number of rotatable bonds is 5. The van der Waals surface area contributed by atoms with E-state index in [0.717, 1.165) is 16.9 Å². The Labute approximate surface area is 204 Å². The number of nitrogens with one attached hydrogen (secondary N) is 1. The largest absolute Gasteiger partial charge is 0.494 e. The highest BCUT2D eigenvalue weighted by molar-refractivity contribution is 6.45. The number of aromatic nitrogens is 8. The SMILES string of the molecule is COc1cnc(-n2cnc(C)n2)c2[nH]cc(C(=O)C(=O)N3CCc4c(cnn4-c4cccnc4)C3)c12. The molecule has 12 heteroatoms. The molecule has 5 aromatic rings. The van der Waals surface area contributed by atoms with E-state index in [9.17, 15) is 9.59 Å². The standard InChI is InChI=1S/C24H21N9O3/c1-14-28-13-32(30-14)23-21-20(19(36-2)11-27-23)17(10-26-21)22(34)24(35)31-7-5-18-15(12-31)8-29-33(18)16-4-3-6-25-9-16/h3-4,6,8-11,13,26H,5,7,12H2,1-2H3. The van der Waals surface area contributed by atoms with Crippen LogP contribution in [-0.2, 0) is 17.8 Å². The van der Waals surface area contributed by atoms with E-state index in [2.05, 4.69) is 30.1 Å². The number of Topliss-reactive ketones (excluding diaryl/α,β-unsaturated/α-hetero) is 1. The zero-order valence-corrected chi connectivity index (χ0v) is 19.5. The van der Waals surface area contributed by atoms with Crippen molar-refractivity contribution in [2.24, 2.45) is 0 Å². The topological polar surface area (TPSA) is 137 Å². The van der Waals surface area contributed by atoms with Crippen LogP contribution in [0, 0.1) is 6.92 Å². The maximum Gasteiger partial charge on any atom is 0.295 e. The first kappa shape index (κ1) is 21.6. The molecule has 180 valence electrons. The second kappa shape index (κ2) is 8.41. The molecule has 1 aliphatic rings. The number of hydrogen-bond donors (Lipinski definition) is 1. The van der Waals surface area contributed by atoms with E-state index in [1.807, 2.05) is 16.8 Å². The lowest BCUT2D eigenvalue weighted by atomic mass is 10.0. The van der Waals surface area contributed by atoms with Gasteiger partial charge in [-0.25, -0.2) is 19.3 Å². The number of nitrogens with zero attached hydrogens (tertiary/aromatic N) is 8. The first-order chi connectivity index (χ1) is 17.5. The zero-order chi connectivity index (χ0) is 24.8. The molecule has 0 bridgehead atoms. The van der Waals surface area contributed by atoms with Gasteiger partial charge in [-0.2, -0.15) is 10.2 Å². The molecule has 0 aromatic carbocycles. The number of ketones is 1. The van der Waals surface area contributed by atoms with Gasteiger partial charge in [-0.3, -0.25) is 14.6 Å². The summed E-state index contributed by atoms with van der Waals surface area (Å²) in [5, 5.41) is 9.25. The van der Waals surface area contributed by atoms with Gasteiger partial charge in [-0.1, -0.05) is 0 Å². The fourth-order valence-electron chi connectivity index (χ4n) is 4.53. The minimum Gasteiger partial charge on any atom is -0.494 e. The Morgan fingerprint density at radius 3 is 2.81 bits per heavy atom. The monoisotopic (exact) mass is 483 g/mol. The number of aromatic amines is 1. The van der Waals surface area contributed by atoms with Crippen molar-refractivity contribution in [3.05, 3.63) is 72.1 Å². The molecule has 1 N–H and O–H groups in total. The Morgan fingerprint density at radius 1 is 1.17 bits per heavy atom. The molecule has 12 nitrogen and oxygen atoms in total. The van der Waals surface area contributed by atoms with Crippen molar-refractivity contribution in [3.8, 4) is 17.3 Å². The van der Waals surface area contributed by atoms with Crippen molar-refractivity contribution in [1.29, 1.82) is 0 Å². The molecule has 0 spiro atoms. The number of amides is 1. The molecule has 0 atom stereocenters. The van der Waals surface area contributed by atoms with Gasteiger partial charge >= 0.3 is 0 Å². The van der Waals surface area contributed by atoms with Crippen LogP contribution < -0.4 is 4.74 Å². The summed E-state index contributed by atoms with van der Waals surface area (Å²) in [5.41, 5.74) is 3.49. The van der Waals surface area contributed by atoms with Crippen molar-refractivity contribution in [3.63, 3.8) is 0 Å². The minimum absolute atomic E-state index is 0.212. The van der Waals surface area contributed by atoms with Crippen molar-refractivity contribution in [2.45, 2.75) is 19.9 Å². The summed E-state index contributed by atoms with van der Waals surface area (Å²) in [4.78, 5) is 44.1. The number of fused-ring (bicyclic) bond motifs is 2. The van der Waals surface area contributed by atoms with Gasteiger partial charge in [0, 0.05) is 37.5 Å². The second-order valence-electron chi connectivity index (χ2n) is 8.38. The highest BCUT2D eigenvalue weighted by atomic mass is 16.5. The number of methoxy groups -OCH3 is 1. The summed E-state index contributed by atoms with van der Waals surface area (Å²) in [6, 6.07) is 3.77. The molecular formula is C24H21N9O3. The maximum absolute atomic E-state index is 13.4. The van der Waals surface area contributed by atoms with Crippen molar-refractivity contribution >= 4 is 22.6 Å². The third-order valence-electron chi connectivity index (χ3n) is 6.25. The lowest BCUT2D eigenvalue weighted by Crippen LogP contribution is -2.40. The molecule has 0 saturated carbocycles. The van der Waals surface area contributed by atoms with Gasteiger partial charge in [-0.15, -0.1) is 0 Å². The minimum atomic E-state index is -0.630. The summed E-state index contributed by atoms with van der Waals surface area (Å²) >= 11 is 0. The molecule has 5 aromatic heterocycles. The number of ether oxygens (including phenoxy) is 1. The predicted octanol–water partition coefficient (Wildman–Crippen LogP) is 1.81. The number of carbonyl (C=O) groups excluding carboxylic acids is 2. The molecule has 1 aliphatic heterocycles. The van der Waals surface area contributed by atoms with E-state index in [1.54, 1.807) is 30.4 Å². The second-order valence-corrected chi connectivity index (χ2v) is 8.38. The van der Waals surface area contributed by atoms with E-state index < -0.39 is 11.7 Å². The van der Waals surface area contributed by atoms with Gasteiger partial charge in [0.25, 0.3) is 11.7 Å². The fourth-order valence-corrected chi connectivity index (χ4v) is 4.53. The molecule has 0 saturated heterocycles. The molecule has 6 rings (SSSR count). The third kappa shape index (κ3) is 3.42. The molecule has 0 radical (unpaired) electrons. The van der Waals surface area contributed by atoms with Crippen LogP contribution in [0.4, 0.5) is 0 Å². The van der Waals surface area contributed by atoms with E-state index >= 15 is 0 Å². The molecule has 0 aliphatic carbocycles. The van der Waals surface area contributed by atoms with Gasteiger partial charge in [0.05, 0.1) is 53.5 Å². The van der Waals surface area contributed by atoms with Crippen LogP contribution in [0.25, 0.3) is 22.4 Å². The molecule has 0 unspecified atom stereocenters. The Morgan fingerprint density at radius 2 is 2.06 bits per heavy atom. The zero-order valence-electron chi connectivity index (χ0n) is 19.5. The fraction of sp³-hybridized carbons (Fsp3) is 0.208. The lowest BCUT2D eigenvalue weighted by molar-refractivity contribution is -0.127. The predicted molar refractivity (Wildman–Crippen MR) is 127 cm³/mol. The van der Waals surface area contributed by atoms with Crippen LogP contribution in [0.15, 0.2) is 49.4 Å². The number of pyridine rings is 2. The average molecular weight is 483 g/mol. The van der Waals surface area contributed by atoms with Crippen molar-refractivity contribution < 1.29 is 14.3 Å². The number of H-pyrrole nitrogens is 1. The molecular weight excluding hydrogens is 462 g/mol. The van der Waals surface area contributed by atoms with Crippen LogP contribution in [0.2, 0.25) is 0 Å². The normalized spacial score (nSPS) is 13.1. The Bertz CT molecular complexity index is 1620. The van der Waals surface area contributed by atoms with Gasteiger partial charge in [0.1, 0.15) is 17.9 Å². The number of hydrogen-bond acceptors (Lipinski definition) is 8. The Balaban J connectivity index is 1.31. The lowest BCUT2D eigenvalue weighted by Gasteiger charge is -2.26. The summed E-state index contributed by atoms with van der Waals surface area (Å²) < 4.78 is 8.81. The average Bonchev–Trinajstić information content (AvgIpc) is 3.65. The van der Waals surface area contributed by atoms with Crippen LogP contribution >= 0.6 is 0 Å². The number of carbonyl (C=O) groups is 2. The van der Waals surface area contributed by atoms with Gasteiger partial charge in [-0.05, 0) is 19.1 Å². The first-order valence-electron chi connectivity index (χ1n) is 11.3. The summed E-state index contributed by atoms with van der Waals surface area (Å²) in [7, 11) is 1.49. The summed E-state index contributed by atoms with van der Waals surface area (Å²) in [5.74, 6) is 0.183. The summed E-state index contributed by atoms with van der Waals surface area (Å²) in [6.07, 6.45) is 10.3. The third-order valence-corrected chi connectivity index (χ3v) is 6.25. The molecule has 0 fully saturated rings. The maximum atomic E-state index is 13.4. The highest BCUT2D eigenvalue weighted by Gasteiger charge is 2.31. The van der Waals surface area contributed by atoms with Gasteiger partial charge in [0.15, 0.2) is 5.82 Å². The van der Waals surface area contributed by atoms with Crippen molar-refractivity contribution in [1.82, 2.24) is 44.4 Å². The number of aryl methyl sites for hydroxylation is 1. The van der Waals surface area contributed by atoms with Crippen molar-refractivity contribution in [2.75, 3.05) is 13.7 Å². The quantitative estimate of drug-likeness (QED) is 0.295. The van der Waals surface area contributed by atoms with Gasteiger partial charge in [0.2, 0.25) is 0 Å². The molecule has 36 heavy (non-hydrogen) atoms. The van der Waals surface area contributed by atoms with Crippen LogP contribution in [0.1, 0.15) is 27.4 Å². The highest BCUT2D eigenvalue weighted by Crippen LogP contribution is 2.32. The van der Waals surface area contributed by atoms with Crippen LogP contribution in [0.5, 0.6) is 5.75 Å². The van der Waals surface area contributed by atoms with Crippen LogP contribution in [-0.4, -0.2) is 69.7 Å². The molecule has 6 heterocycles. The summed E-state index contributed by atoms with van der Waals surface area (Å²) in [6.45, 7) is 2.46. The van der Waals surface area contributed by atoms with Gasteiger partial charge < -0.3 is 14.6 Å². The first-order valence-corrected chi connectivity index (χ1v) is 11.3. The smallest absolute Gasteiger partial charge is 0.295 e. The van der Waals surface area contributed by atoms with E-state index in [4.69, 9.17) is 4.74 Å². The molecule has 1 amide bonds. The Kier molecular flexibility index (Phi) is 5.06.